The molecule has 17 heavy (non-hydrogen) atoms. The van der Waals surface area contributed by atoms with Crippen molar-refractivity contribution in [2.75, 3.05) is 5.32 Å². The number of thiocarbonyl (C=S) groups is 1. The lowest BCUT2D eigenvalue weighted by molar-refractivity contribution is -0.125. The van der Waals surface area contributed by atoms with Gasteiger partial charge in [0.25, 0.3) is 0 Å². The van der Waals surface area contributed by atoms with Gasteiger partial charge in [0.2, 0.25) is 5.91 Å². The van der Waals surface area contributed by atoms with Crippen LogP contribution in [0.15, 0.2) is 18.3 Å². The van der Waals surface area contributed by atoms with Gasteiger partial charge in [-0.05, 0) is 25.0 Å². The molecule has 1 aromatic rings. The molecule has 0 saturated heterocycles. The van der Waals surface area contributed by atoms with Gasteiger partial charge in [-0.1, -0.05) is 30.2 Å². The standard InChI is InChI=1S/C11H12ClN3OS/c12-7-3-1-6-14-8(7)15-10(16)11(9(13)17)4-2-5-11/h1,3,6H,2,4-5H2,(H2,13,17)(H,14,15,16). The molecule has 4 nitrogen and oxygen atoms in total. The van der Waals surface area contributed by atoms with Crippen LogP contribution in [0.2, 0.25) is 5.02 Å². The lowest BCUT2D eigenvalue weighted by atomic mass is 9.68. The summed E-state index contributed by atoms with van der Waals surface area (Å²) in [5, 5.41) is 3.09. The molecule has 3 N–H and O–H groups in total. The summed E-state index contributed by atoms with van der Waals surface area (Å²) in [6.45, 7) is 0. The summed E-state index contributed by atoms with van der Waals surface area (Å²) in [7, 11) is 0. The van der Waals surface area contributed by atoms with E-state index in [4.69, 9.17) is 29.6 Å². The van der Waals surface area contributed by atoms with Crippen LogP contribution in [0.4, 0.5) is 5.82 Å². The Balaban J connectivity index is 2.17. The molecule has 1 saturated carbocycles. The molecule has 0 aliphatic heterocycles. The molecule has 0 unspecified atom stereocenters. The normalized spacial score (nSPS) is 17.0. The van der Waals surface area contributed by atoms with E-state index in [-0.39, 0.29) is 10.9 Å². The second-order valence-electron chi connectivity index (χ2n) is 4.09. The molecule has 2 rings (SSSR count). The molecule has 1 aromatic heterocycles. The van der Waals surface area contributed by atoms with Crippen LogP contribution < -0.4 is 11.1 Å². The number of rotatable bonds is 3. The van der Waals surface area contributed by atoms with E-state index in [0.29, 0.717) is 23.7 Å². The highest BCUT2D eigenvalue weighted by Crippen LogP contribution is 2.42. The Bertz CT molecular complexity index is 474. The highest BCUT2D eigenvalue weighted by atomic mass is 35.5. The summed E-state index contributed by atoms with van der Waals surface area (Å²) in [5.74, 6) is 0.138. The van der Waals surface area contributed by atoms with Gasteiger partial charge in [0.15, 0.2) is 5.82 Å². The first-order valence-corrected chi connectivity index (χ1v) is 6.07. The third kappa shape index (κ3) is 2.12. The minimum absolute atomic E-state index is 0.211. The molecule has 1 aliphatic rings. The largest absolute Gasteiger partial charge is 0.392 e. The van der Waals surface area contributed by atoms with E-state index in [0.717, 1.165) is 6.42 Å². The predicted molar refractivity (Wildman–Crippen MR) is 70.9 cm³/mol. The van der Waals surface area contributed by atoms with Crippen LogP contribution in [0.25, 0.3) is 0 Å². The lowest BCUT2D eigenvalue weighted by Crippen LogP contribution is -2.50. The SMILES string of the molecule is NC(=S)C1(C(=O)Nc2ncccc2Cl)CCC1. The van der Waals surface area contributed by atoms with E-state index in [9.17, 15) is 4.79 Å². The summed E-state index contributed by atoms with van der Waals surface area (Å²) in [4.78, 5) is 16.4. The third-order valence-corrected chi connectivity index (χ3v) is 3.80. The smallest absolute Gasteiger partial charge is 0.238 e. The average molecular weight is 270 g/mol. The Morgan fingerprint density at radius 3 is 2.76 bits per heavy atom. The monoisotopic (exact) mass is 269 g/mol. The van der Waals surface area contributed by atoms with Crippen molar-refractivity contribution in [3.63, 3.8) is 0 Å². The fraction of sp³-hybridized carbons (Fsp3) is 0.364. The zero-order valence-electron chi connectivity index (χ0n) is 9.07. The van der Waals surface area contributed by atoms with Gasteiger partial charge < -0.3 is 11.1 Å². The van der Waals surface area contributed by atoms with E-state index in [1.54, 1.807) is 18.3 Å². The number of pyridine rings is 1. The van der Waals surface area contributed by atoms with Gasteiger partial charge in [-0.25, -0.2) is 4.98 Å². The lowest BCUT2D eigenvalue weighted by Gasteiger charge is -2.38. The Morgan fingerprint density at radius 2 is 2.29 bits per heavy atom. The third-order valence-electron chi connectivity index (χ3n) is 3.10. The summed E-state index contributed by atoms with van der Waals surface area (Å²) >= 11 is 10.9. The summed E-state index contributed by atoms with van der Waals surface area (Å²) in [6.07, 6.45) is 3.91. The van der Waals surface area contributed by atoms with Gasteiger partial charge in [0, 0.05) is 6.20 Å². The maximum atomic E-state index is 12.1. The molecule has 6 heteroatoms. The van der Waals surface area contributed by atoms with Crippen molar-refractivity contribution in [1.29, 1.82) is 0 Å². The number of aromatic nitrogens is 1. The van der Waals surface area contributed by atoms with Crippen LogP contribution in [0.3, 0.4) is 0 Å². The molecule has 0 spiro atoms. The predicted octanol–water partition coefficient (Wildman–Crippen LogP) is 2.13. The molecule has 90 valence electrons. The van der Waals surface area contributed by atoms with Gasteiger partial charge in [-0.2, -0.15) is 0 Å². The number of halogens is 1. The van der Waals surface area contributed by atoms with Crippen LogP contribution in [0, 0.1) is 5.41 Å². The van der Waals surface area contributed by atoms with Gasteiger partial charge >= 0.3 is 0 Å². The molecule has 1 aliphatic carbocycles. The number of amides is 1. The first-order chi connectivity index (χ1) is 8.06. The maximum Gasteiger partial charge on any atom is 0.238 e. The first-order valence-electron chi connectivity index (χ1n) is 5.28. The Hall–Kier alpha value is -1.20. The summed E-state index contributed by atoms with van der Waals surface area (Å²) in [6, 6.07) is 3.36. The van der Waals surface area contributed by atoms with E-state index < -0.39 is 5.41 Å². The van der Waals surface area contributed by atoms with Crippen LogP contribution in [-0.2, 0) is 4.79 Å². The van der Waals surface area contributed by atoms with Gasteiger partial charge in [0.1, 0.15) is 0 Å². The average Bonchev–Trinajstić information content (AvgIpc) is 2.19. The second kappa shape index (κ2) is 4.58. The molecule has 1 fully saturated rings. The van der Waals surface area contributed by atoms with Crippen molar-refractivity contribution in [3.05, 3.63) is 23.4 Å². The maximum absolute atomic E-state index is 12.1. The highest BCUT2D eigenvalue weighted by Gasteiger charge is 2.47. The van der Waals surface area contributed by atoms with Crippen LogP contribution in [0.1, 0.15) is 19.3 Å². The van der Waals surface area contributed by atoms with Crippen molar-refractivity contribution in [2.24, 2.45) is 11.1 Å². The number of hydrogen-bond acceptors (Lipinski definition) is 3. The number of nitrogens with two attached hydrogens (primary N) is 1. The topological polar surface area (TPSA) is 68.0 Å². The van der Waals surface area contributed by atoms with E-state index in [1.165, 1.54) is 0 Å². The first kappa shape index (κ1) is 12.3. The summed E-state index contributed by atoms with van der Waals surface area (Å²) < 4.78 is 0. The van der Waals surface area contributed by atoms with Gasteiger partial charge in [0.05, 0.1) is 15.4 Å². The van der Waals surface area contributed by atoms with Crippen molar-refractivity contribution < 1.29 is 4.79 Å². The van der Waals surface area contributed by atoms with Crippen molar-refractivity contribution in [2.45, 2.75) is 19.3 Å². The van der Waals surface area contributed by atoms with Crippen molar-refractivity contribution in [3.8, 4) is 0 Å². The molecular weight excluding hydrogens is 258 g/mol. The number of anilines is 1. The van der Waals surface area contributed by atoms with Crippen LogP contribution in [0.5, 0.6) is 0 Å². The molecule has 0 atom stereocenters. The van der Waals surface area contributed by atoms with Crippen molar-refractivity contribution >= 4 is 40.5 Å². The molecule has 1 heterocycles. The van der Waals surface area contributed by atoms with E-state index >= 15 is 0 Å². The number of nitrogens with zero attached hydrogens (tertiary/aromatic N) is 1. The fourth-order valence-corrected chi connectivity index (χ4v) is 2.29. The second-order valence-corrected chi connectivity index (χ2v) is 4.93. The van der Waals surface area contributed by atoms with E-state index in [2.05, 4.69) is 10.3 Å². The molecule has 0 aromatic carbocycles. The number of hydrogen-bond donors (Lipinski definition) is 2. The van der Waals surface area contributed by atoms with Crippen LogP contribution in [-0.4, -0.2) is 15.9 Å². The Morgan fingerprint density at radius 1 is 1.59 bits per heavy atom. The number of nitrogens with one attached hydrogen (secondary N) is 1. The fourth-order valence-electron chi connectivity index (χ4n) is 1.82. The number of carbonyl (C=O) groups excluding carboxylic acids is 1. The molecular formula is C11H12ClN3OS. The minimum atomic E-state index is -0.712. The minimum Gasteiger partial charge on any atom is -0.392 e. The quantitative estimate of drug-likeness (QED) is 0.825. The zero-order valence-corrected chi connectivity index (χ0v) is 10.6. The molecule has 0 radical (unpaired) electrons. The van der Waals surface area contributed by atoms with Crippen molar-refractivity contribution in [1.82, 2.24) is 4.98 Å². The molecule has 0 bridgehead atoms. The van der Waals surface area contributed by atoms with Crippen LogP contribution >= 0.6 is 23.8 Å². The Labute approximate surface area is 110 Å². The zero-order chi connectivity index (χ0) is 12.5. The summed E-state index contributed by atoms with van der Waals surface area (Å²) in [5.41, 5.74) is 4.93. The van der Waals surface area contributed by atoms with Gasteiger partial charge in [-0.3, -0.25) is 4.79 Å². The molecule has 1 amide bonds. The number of carbonyl (C=O) groups is 1. The Kier molecular flexibility index (Phi) is 3.31. The van der Waals surface area contributed by atoms with E-state index in [1.807, 2.05) is 0 Å². The highest BCUT2D eigenvalue weighted by molar-refractivity contribution is 7.80. The van der Waals surface area contributed by atoms with Gasteiger partial charge in [-0.15, -0.1) is 0 Å².